The van der Waals surface area contributed by atoms with Crippen molar-refractivity contribution in [2.45, 2.75) is 90.1 Å². The van der Waals surface area contributed by atoms with E-state index in [0.717, 1.165) is 11.7 Å². The second-order valence-corrected chi connectivity index (χ2v) is 13.8. The minimum atomic E-state index is -1.69. The molecule has 0 atom stereocenters. The molecule has 0 spiro atoms. The van der Waals surface area contributed by atoms with Gasteiger partial charge in [0.1, 0.15) is 5.75 Å². The second kappa shape index (κ2) is 15.8. The second-order valence-electron chi connectivity index (χ2n) is 10.0. The molecule has 0 aromatic heterocycles. The van der Waals surface area contributed by atoms with Crippen molar-refractivity contribution in [2.24, 2.45) is 0 Å². The number of phenols is 1. The van der Waals surface area contributed by atoms with E-state index < -0.39 is 7.26 Å². The molecule has 0 aliphatic carbocycles. The molecule has 0 fully saturated rings. The first kappa shape index (κ1) is 27.5. The number of phenolic OH excluding ortho intramolecular Hbond substituents is 1. The van der Waals surface area contributed by atoms with Gasteiger partial charge in [-0.05, 0) is 43.2 Å². The van der Waals surface area contributed by atoms with Crippen LogP contribution >= 0.6 is 7.26 Å². The first-order chi connectivity index (χ1) is 17.3. The standard InChI is InChI=1S/C33H45OP/c1-2-3-4-5-6-7-8-9-10-11-12-21-28-35(31-23-15-13-16-24-31,32-25-17-14-18-26-32)29-30-22-19-20-27-33(30)34/h13-20,22-27H,2-12,21,28-29H2,1H3/p+1. The van der Waals surface area contributed by atoms with E-state index in [4.69, 9.17) is 0 Å². The molecule has 0 saturated heterocycles. The van der Waals surface area contributed by atoms with Gasteiger partial charge < -0.3 is 5.11 Å². The maximum Gasteiger partial charge on any atom is 0.122 e. The fourth-order valence-corrected chi connectivity index (χ4v) is 9.69. The highest BCUT2D eigenvalue weighted by Gasteiger charge is 2.42. The van der Waals surface area contributed by atoms with Crippen LogP contribution in [0, 0.1) is 0 Å². The molecule has 3 aromatic carbocycles. The third-order valence-corrected chi connectivity index (χ3v) is 11.9. The van der Waals surface area contributed by atoms with Crippen molar-refractivity contribution in [3.8, 4) is 5.75 Å². The Morgan fingerprint density at radius 2 is 0.943 bits per heavy atom. The van der Waals surface area contributed by atoms with Crippen LogP contribution in [0.4, 0.5) is 0 Å². The zero-order valence-corrected chi connectivity index (χ0v) is 22.8. The van der Waals surface area contributed by atoms with Crippen molar-refractivity contribution >= 4 is 17.9 Å². The molecule has 0 aliphatic heterocycles. The number of benzene rings is 3. The van der Waals surface area contributed by atoms with Crippen molar-refractivity contribution in [2.75, 3.05) is 6.16 Å². The predicted octanol–water partition coefficient (Wildman–Crippen LogP) is 9.26. The van der Waals surface area contributed by atoms with Gasteiger partial charge in [0.25, 0.3) is 0 Å². The first-order valence-electron chi connectivity index (χ1n) is 14.0. The van der Waals surface area contributed by atoms with Gasteiger partial charge in [-0.1, -0.05) is 126 Å². The summed E-state index contributed by atoms with van der Waals surface area (Å²) in [6.07, 6.45) is 18.6. The smallest absolute Gasteiger partial charge is 0.122 e. The Morgan fingerprint density at radius 1 is 0.514 bits per heavy atom. The zero-order valence-electron chi connectivity index (χ0n) is 21.9. The molecule has 188 valence electrons. The zero-order chi connectivity index (χ0) is 24.6. The maximum absolute atomic E-state index is 10.7. The van der Waals surface area contributed by atoms with Gasteiger partial charge >= 0.3 is 0 Å². The van der Waals surface area contributed by atoms with Gasteiger partial charge in [0.15, 0.2) is 0 Å². The lowest BCUT2D eigenvalue weighted by molar-refractivity contribution is 0.470. The Morgan fingerprint density at radius 3 is 1.43 bits per heavy atom. The van der Waals surface area contributed by atoms with Crippen molar-refractivity contribution in [1.29, 1.82) is 0 Å². The van der Waals surface area contributed by atoms with Gasteiger partial charge in [0.2, 0.25) is 0 Å². The van der Waals surface area contributed by atoms with Crippen LogP contribution in [0.15, 0.2) is 84.9 Å². The summed E-state index contributed by atoms with van der Waals surface area (Å²) >= 11 is 0. The minimum Gasteiger partial charge on any atom is -0.508 e. The van der Waals surface area contributed by atoms with Crippen LogP contribution < -0.4 is 10.6 Å². The first-order valence-corrected chi connectivity index (χ1v) is 16.2. The van der Waals surface area contributed by atoms with Crippen LogP contribution in [0.25, 0.3) is 0 Å². The topological polar surface area (TPSA) is 20.2 Å². The summed E-state index contributed by atoms with van der Waals surface area (Å²) in [6, 6.07) is 30.2. The Kier molecular flexibility index (Phi) is 12.4. The molecule has 1 N–H and O–H groups in total. The highest BCUT2D eigenvalue weighted by molar-refractivity contribution is 7.88. The molecule has 1 nitrogen and oxygen atoms in total. The number of aromatic hydroxyl groups is 1. The number of para-hydroxylation sites is 1. The van der Waals surface area contributed by atoms with E-state index in [1.54, 1.807) is 0 Å². The normalized spacial score (nSPS) is 11.6. The quantitative estimate of drug-likeness (QED) is 0.148. The Bertz CT molecular complexity index is 898. The lowest BCUT2D eigenvalue weighted by Gasteiger charge is -2.28. The van der Waals surface area contributed by atoms with Gasteiger partial charge in [-0.3, -0.25) is 0 Å². The molecule has 0 bridgehead atoms. The highest BCUT2D eigenvalue weighted by Crippen LogP contribution is 2.60. The predicted molar refractivity (Wildman–Crippen MR) is 157 cm³/mol. The van der Waals surface area contributed by atoms with E-state index in [9.17, 15) is 5.11 Å². The van der Waals surface area contributed by atoms with Gasteiger partial charge in [0.05, 0.1) is 30.2 Å². The van der Waals surface area contributed by atoms with Crippen molar-refractivity contribution in [3.63, 3.8) is 0 Å². The molecule has 0 heterocycles. The minimum absolute atomic E-state index is 0.429. The third-order valence-electron chi connectivity index (χ3n) is 7.33. The molecular formula is C33H46OP+. The van der Waals surface area contributed by atoms with Crippen molar-refractivity contribution in [3.05, 3.63) is 90.5 Å². The summed E-state index contributed by atoms with van der Waals surface area (Å²) in [6.45, 7) is 2.29. The number of hydrogen-bond donors (Lipinski definition) is 1. The molecule has 3 rings (SSSR count). The average Bonchev–Trinajstić information content (AvgIpc) is 2.91. The van der Waals surface area contributed by atoms with Crippen LogP contribution in [0.2, 0.25) is 0 Å². The van der Waals surface area contributed by atoms with Crippen LogP contribution in [0.3, 0.4) is 0 Å². The fourth-order valence-electron chi connectivity index (χ4n) is 5.25. The molecule has 0 saturated carbocycles. The summed E-state index contributed by atoms with van der Waals surface area (Å²) < 4.78 is 0. The molecule has 0 radical (unpaired) electrons. The lowest BCUT2D eigenvalue weighted by Crippen LogP contribution is -2.26. The molecule has 35 heavy (non-hydrogen) atoms. The molecular weight excluding hydrogens is 443 g/mol. The van der Waals surface area contributed by atoms with Crippen LogP contribution in [0.5, 0.6) is 5.75 Å². The summed E-state index contributed by atoms with van der Waals surface area (Å²) in [5, 5.41) is 13.6. The number of rotatable bonds is 17. The number of unbranched alkanes of at least 4 members (excludes halogenated alkanes) is 11. The SMILES string of the molecule is CCCCCCCCCCCCCC[P+](Cc1ccccc1O)(c1ccccc1)c1ccccc1. The average molecular weight is 490 g/mol. The monoisotopic (exact) mass is 489 g/mol. The molecule has 0 unspecified atom stereocenters. The van der Waals surface area contributed by atoms with E-state index in [2.05, 4.69) is 79.7 Å². The van der Waals surface area contributed by atoms with E-state index in [1.165, 1.54) is 93.8 Å². The summed E-state index contributed by atoms with van der Waals surface area (Å²) in [5.74, 6) is 0.429. The maximum atomic E-state index is 10.7. The van der Waals surface area contributed by atoms with E-state index in [0.29, 0.717) is 5.75 Å². The lowest BCUT2D eigenvalue weighted by atomic mass is 10.1. The third kappa shape index (κ3) is 8.80. The van der Waals surface area contributed by atoms with Crippen LogP contribution in [-0.2, 0) is 6.16 Å². The molecule has 2 heteroatoms. The molecule has 0 aliphatic rings. The highest BCUT2D eigenvalue weighted by atomic mass is 31.2. The van der Waals surface area contributed by atoms with Gasteiger partial charge in [-0.15, -0.1) is 0 Å². The van der Waals surface area contributed by atoms with Gasteiger partial charge in [-0.2, -0.15) is 0 Å². The number of hydrogen-bond acceptors (Lipinski definition) is 1. The summed E-state index contributed by atoms with van der Waals surface area (Å²) in [7, 11) is -1.69. The van der Waals surface area contributed by atoms with Crippen LogP contribution in [-0.4, -0.2) is 11.3 Å². The van der Waals surface area contributed by atoms with Crippen molar-refractivity contribution < 1.29 is 5.11 Å². The van der Waals surface area contributed by atoms with Crippen LogP contribution in [0.1, 0.15) is 89.5 Å². The van der Waals surface area contributed by atoms with Crippen molar-refractivity contribution in [1.82, 2.24) is 0 Å². The molecule has 3 aromatic rings. The Balaban J connectivity index is 1.62. The van der Waals surface area contributed by atoms with E-state index >= 15 is 0 Å². The van der Waals surface area contributed by atoms with Gasteiger partial charge in [0, 0.05) is 5.56 Å². The summed E-state index contributed by atoms with van der Waals surface area (Å²) in [4.78, 5) is 0. The molecule has 0 amide bonds. The fraction of sp³-hybridized carbons (Fsp3) is 0.455. The van der Waals surface area contributed by atoms with E-state index in [1.807, 2.05) is 12.1 Å². The Labute approximate surface area is 215 Å². The Hall–Kier alpha value is -2.11. The van der Waals surface area contributed by atoms with E-state index in [-0.39, 0.29) is 0 Å². The van der Waals surface area contributed by atoms with Gasteiger partial charge in [-0.25, -0.2) is 0 Å². The summed E-state index contributed by atoms with van der Waals surface area (Å²) in [5.41, 5.74) is 1.08. The largest absolute Gasteiger partial charge is 0.508 e.